The van der Waals surface area contributed by atoms with Crippen molar-refractivity contribution in [2.45, 2.75) is 45.1 Å². The molecule has 14 heavy (non-hydrogen) atoms. The van der Waals surface area contributed by atoms with Crippen LogP contribution in [0.1, 0.15) is 39.0 Å². The van der Waals surface area contributed by atoms with Crippen molar-refractivity contribution in [3.63, 3.8) is 0 Å². The third-order valence-corrected chi connectivity index (χ3v) is 3.40. The van der Waals surface area contributed by atoms with E-state index in [4.69, 9.17) is 5.11 Å². The van der Waals surface area contributed by atoms with Gasteiger partial charge in [0.2, 0.25) is 5.91 Å². The van der Waals surface area contributed by atoms with Crippen LogP contribution in [0.15, 0.2) is 0 Å². The molecular weight excluding hydrogens is 178 g/mol. The lowest BCUT2D eigenvalue weighted by Crippen LogP contribution is -2.38. The van der Waals surface area contributed by atoms with Gasteiger partial charge >= 0.3 is 0 Å². The topological polar surface area (TPSA) is 40.5 Å². The van der Waals surface area contributed by atoms with E-state index < -0.39 is 0 Å². The third kappa shape index (κ3) is 2.98. The third-order valence-electron chi connectivity index (χ3n) is 3.40. The van der Waals surface area contributed by atoms with E-state index in [-0.39, 0.29) is 5.91 Å². The van der Waals surface area contributed by atoms with Gasteiger partial charge < -0.3 is 10.0 Å². The minimum absolute atomic E-state index is 0.163. The lowest BCUT2D eigenvalue weighted by molar-refractivity contribution is -0.130. The first-order valence-corrected chi connectivity index (χ1v) is 5.49. The average Bonchev–Trinajstić information content (AvgIpc) is 2.18. The van der Waals surface area contributed by atoms with E-state index in [2.05, 4.69) is 0 Å². The van der Waals surface area contributed by atoms with Crippen LogP contribution < -0.4 is 0 Å². The van der Waals surface area contributed by atoms with Crippen molar-refractivity contribution in [3.05, 3.63) is 0 Å². The first-order valence-electron chi connectivity index (χ1n) is 5.49. The van der Waals surface area contributed by atoms with Gasteiger partial charge in [-0.2, -0.15) is 0 Å². The van der Waals surface area contributed by atoms with Gasteiger partial charge in [-0.25, -0.2) is 0 Å². The highest BCUT2D eigenvalue weighted by molar-refractivity contribution is 5.73. The maximum Gasteiger partial charge on any atom is 0.219 e. The van der Waals surface area contributed by atoms with Crippen molar-refractivity contribution in [1.29, 1.82) is 0 Å². The molecule has 0 spiro atoms. The summed E-state index contributed by atoms with van der Waals surface area (Å²) >= 11 is 0. The maximum absolute atomic E-state index is 11.1. The van der Waals surface area contributed by atoms with Gasteiger partial charge in [-0.15, -0.1) is 0 Å². The molecule has 1 aliphatic carbocycles. The Kier molecular flexibility index (Phi) is 4.39. The second kappa shape index (κ2) is 5.35. The first-order chi connectivity index (χ1) is 6.65. The van der Waals surface area contributed by atoms with Crippen LogP contribution in [0.4, 0.5) is 0 Å². The SMILES string of the molecule is CC(=O)N(C)C1CCC(CCO)CC1. The van der Waals surface area contributed by atoms with Crippen LogP contribution in [0.3, 0.4) is 0 Å². The number of carbonyl (C=O) groups excluding carboxylic acids is 1. The van der Waals surface area contributed by atoms with E-state index in [1.54, 1.807) is 6.92 Å². The summed E-state index contributed by atoms with van der Waals surface area (Å²) < 4.78 is 0. The Labute approximate surface area is 86.1 Å². The molecule has 1 N–H and O–H groups in total. The highest BCUT2D eigenvalue weighted by Gasteiger charge is 2.24. The van der Waals surface area contributed by atoms with Gasteiger partial charge in [0.25, 0.3) is 0 Å². The molecule has 0 saturated heterocycles. The Morgan fingerprint density at radius 3 is 2.36 bits per heavy atom. The van der Waals surface area contributed by atoms with Gasteiger partial charge in [-0.1, -0.05) is 0 Å². The van der Waals surface area contributed by atoms with E-state index in [0.717, 1.165) is 32.1 Å². The van der Waals surface area contributed by atoms with Crippen LogP contribution in [-0.4, -0.2) is 35.6 Å². The van der Waals surface area contributed by atoms with E-state index in [1.807, 2.05) is 11.9 Å². The van der Waals surface area contributed by atoms with Gasteiger partial charge in [0.05, 0.1) is 0 Å². The molecule has 0 heterocycles. The zero-order valence-electron chi connectivity index (χ0n) is 9.20. The number of rotatable bonds is 3. The number of hydrogen-bond donors (Lipinski definition) is 1. The second-order valence-electron chi connectivity index (χ2n) is 4.32. The number of nitrogens with zero attached hydrogens (tertiary/aromatic N) is 1. The molecule has 3 heteroatoms. The Morgan fingerprint density at radius 1 is 1.36 bits per heavy atom. The molecule has 0 aliphatic heterocycles. The van der Waals surface area contributed by atoms with Gasteiger partial charge in [0.15, 0.2) is 0 Å². The van der Waals surface area contributed by atoms with E-state index in [0.29, 0.717) is 18.6 Å². The lowest BCUT2D eigenvalue weighted by Gasteiger charge is -2.34. The molecule has 0 radical (unpaired) electrons. The van der Waals surface area contributed by atoms with Crippen molar-refractivity contribution in [1.82, 2.24) is 4.90 Å². The monoisotopic (exact) mass is 199 g/mol. The summed E-state index contributed by atoms with van der Waals surface area (Å²) in [4.78, 5) is 13.0. The lowest BCUT2D eigenvalue weighted by atomic mass is 9.84. The minimum atomic E-state index is 0.163. The summed E-state index contributed by atoms with van der Waals surface area (Å²) in [6, 6.07) is 0.433. The molecule has 0 aromatic heterocycles. The highest BCUT2D eigenvalue weighted by Crippen LogP contribution is 2.28. The second-order valence-corrected chi connectivity index (χ2v) is 4.32. The number of aliphatic hydroxyl groups excluding tert-OH is 1. The van der Waals surface area contributed by atoms with Crippen molar-refractivity contribution >= 4 is 5.91 Å². The number of hydrogen-bond acceptors (Lipinski definition) is 2. The summed E-state index contributed by atoms with van der Waals surface area (Å²) in [6.07, 6.45) is 5.43. The molecular formula is C11H21NO2. The van der Waals surface area contributed by atoms with Crippen LogP contribution in [0.25, 0.3) is 0 Å². The summed E-state index contributed by atoms with van der Waals surface area (Å²) in [7, 11) is 1.89. The number of aliphatic hydroxyl groups is 1. The van der Waals surface area contributed by atoms with E-state index >= 15 is 0 Å². The standard InChI is InChI=1S/C11H21NO2/c1-9(14)12(2)11-5-3-10(4-6-11)7-8-13/h10-11,13H,3-8H2,1-2H3. The van der Waals surface area contributed by atoms with Crippen molar-refractivity contribution < 1.29 is 9.90 Å². The average molecular weight is 199 g/mol. The fourth-order valence-electron chi connectivity index (χ4n) is 2.26. The van der Waals surface area contributed by atoms with Crippen molar-refractivity contribution in [3.8, 4) is 0 Å². The zero-order chi connectivity index (χ0) is 10.6. The fourth-order valence-corrected chi connectivity index (χ4v) is 2.26. The Balaban J connectivity index is 2.31. The van der Waals surface area contributed by atoms with Gasteiger partial charge in [-0.3, -0.25) is 4.79 Å². The minimum Gasteiger partial charge on any atom is -0.396 e. The van der Waals surface area contributed by atoms with Crippen molar-refractivity contribution in [2.75, 3.05) is 13.7 Å². The molecule has 1 saturated carbocycles. The molecule has 0 aromatic carbocycles. The fraction of sp³-hybridized carbons (Fsp3) is 0.909. The normalized spacial score (nSPS) is 27.4. The summed E-state index contributed by atoms with van der Waals surface area (Å²) in [5.74, 6) is 0.840. The molecule has 1 rings (SSSR count). The van der Waals surface area contributed by atoms with Crippen LogP contribution in [0.5, 0.6) is 0 Å². The molecule has 0 aromatic rings. The van der Waals surface area contributed by atoms with Gasteiger partial charge in [-0.05, 0) is 38.0 Å². The molecule has 0 atom stereocenters. The molecule has 3 nitrogen and oxygen atoms in total. The summed E-state index contributed by atoms with van der Waals surface area (Å²) in [5.41, 5.74) is 0. The van der Waals surface area contributed by atoms with Gasteiger partial charge in [0.1, 0.15) is 0 Å². The predicted molar refractivity (Wildman–Crippen MR) is 55.9 cm³/mol. The molecule has 0 unspecified atom stereocenters. The molecule has 0 bridgehead atoms. The highest BCUT2D eigenvalue weighted by atomic mass is 16.3. The van der Waals surface area contributed by atoms with Crippen LogP contribution >= 0.6 is 0 Å². The maximum atomic E-state index is 11.1. The van der Waals surface area contributed by atoms with Crippen LogP contribution in [0.2, 0.25) is 0 Å². The smallest absolute Gasteiger partial charge is 0.219 e. The predicted octanol–water partition coefficient (Wildman–Crippen LogP) is 1.41. The quantitative estimate of drug-likeness (QED) is 0.746. The van der Waals surface area contributed by atoms with E-state index in [9.17, 15) is 4.79 Å². The first kappa shape index (κ1) is 11.5. The van der Waals surface area contributed by atoms with E-state index in [1.165, 1.54) is 0 Å². The molecule has 1 fully saturated rings. The summed E-state index contributed by atoms with van der Waals surface area (Å²) in [5, 5.41) is 8.82. The van der Waals surface area contributed by atoms with Gasteiger partial charge in [0, 0.05) is 26.6 Å². The Bertz CT molecular complexity index is 186. The zero-order valence-corrected chi connectivity index (χ0v) is 9.20. The summed E-state index contributed by atoms with van der Waals surface area (Å²) in [6.45, 7) is 1.93. The molecule has 1 amide bonds. The Morgan fingerprint density at radius 2 is 1.93 bits per heavy atom. The molecule has 82 valence electrons. The Hall–Kier alpha value is -0.570. The molecule has 1 aliphatic rings. The number of carbonyl (C=O) groups is 1. The van der Waals surface area contributed by atoms with Crippen LogP contribution in [-0.2, 0) is 4.79 Å². The number of amides is 1. The largest absolute Gasteiger partial charge is 0.396 e. The van der Waals surface area contributed by atoms with Crippen LogP contribution in [0, 0.1) is 5.92 Å². The van der Waals surface area contributed by atoms with Crippen molar-refractivity contribution in [2.24, 2.45) is 5.92 Å².